The second-order valence-corrected chi connectivity index (χ2v) is 7.16. The molecule has 1 saturated heterocycles. The molecule has 1 heterocycles. The van der Waals surface area contributed by atoms with Crippen LogP contribution in [0, 0.1) is 0 Å². The molecule has 28 heavy (non-hydrogen) atoms. The molecule has 0 bridgehead atoms. The summed E-state index contributed by atoms with van der Waals surface area (Å²) in [5.74, 6) is 1.68. The Morgan fingerprint density at radius 3 is 2.25 bits per heavy atom. The standard InChI is InChI=1S/C21H27ClN2O4/c1-26-19-7-4-8-20(27-2)21(19)28-15-18(25)14-23-9-11-24(12-10-23)17-6-3-5-16(22)13-17/h3-8,13,18,25H,9-12,14-15H2,1-2H3. The monoisotopic (exact) mass is 406 g/mol. The molecule has 3 rings (SSSR count). The number of aliphatic hydroxyl groups excluding tert-OH is 1. The number of methoxy groups -OCH3 is 2. The van der Waals surface area contributed by atoms with E-state index in [1.807, 2.05) is 24.3 Å². The highest BCUT2D eigenvalue weighted by Crippen LogP contribution is 2.36. The smallest absolute Gasteiger partial charge is 0.203 e. The molecule has 152 valence electrons. The van der Waals surface area contributed by atoms with Crippen molar-refractivity contribution in [1.82, 2.24) is 4.90 Å². The van der Waals surface area contributed by atoms with Gasteiger partial charge in [-0.1, -0.05) is 23.7 Å². The summed E-state index contributed by atoms with van der Waals surface area (Å²) in [5, 5.41) is 11.2. The van der Waals surface area contributed by atoms with E-state index in [0.29, 0.717) is 23.8 Å². The van der Waals surface area contributed by atoms with Gasteiger partial charge in [-0.3, -0.25) is 4.90 Å². The third kappa shape index (κ3) is 5.22. The Morgan fingerprint density at radius 1 is 1.00 bits per heavy atom. The topological polar surface area (TPSA) is 54.4 Å². The Labute approximate surface area is 171 Å². The Bertz CT molecular complexity index is 744. The summed E-state index contributed by atoms with van der Waals surface area (Å²) in [6, 6.07) is 13.4. The number of β-amino-alcohol motifs (C(OH)–C–C–N with tert-alkyl or cyclic N) is 1. The fourth-order valence-electron chi connectivity index (χ4n) is 3.35. The number of anilines is 1. The van der Waals surface area contributed by atoms with Crippen LogP contribution in [0.1, 0.15) is 0 Å². The zero-order chi connectivity index (χ0) is 19.9. The maximum Gasteiger partial charge on any atom is 0.203 e. The molecule has 1 N–H and O–H groups in total. The van der Waals surface area contributed by atoms with Gasteiger partial charge in [0, 0.05) is 43.4 Å². The first-order chi connectivity index (χ1) is 13.6. The highest BCUT2D eigenvalue weighted by atomic mass is 35.5. The molecule has 1 aliphatic rings. The van der Waals surface area contributed by atoms with E-state index in [-0.39, 0.29) is 6.61 Å². The van der Waals surface area contributed by atoms with Crippen molar-refractivity contribution in [2.45, 2.75) is 6.10 Å². The van der Waals surface area contributed by atoms with E-state index < -0.39 is 6.10 Å². The van der Waals surface area contributed by atoms with Crippen molar-refractivity contribution in [2.24, 2.45) is 0 Å². The van der Waals surface area contributed by atoms with Gasteiger partial charge < -0.3 is 24.2 Å². The number of piperazine rings is 1. The number of para-hydroxylation sites is 1. The zero-order valence-electron chi connectivity index (χ0n) is 16.3. The minimum Gasteiger partial charge on any atom is -0.493 e. The number of benzene rings is 2. The first-order valence-electron chi connectivity index (χ1n) is 9.35. The van der Waals surface area contributed by atoms with E-state index >= 15 is 0 Å². The third-order valence-corrected chi connectivity index (χ3v) is 5.05. The highest BCUT2D eigenvalue weighted by Gasteiger charge is 2.21. The fourth-order valence-corrected chi connectivity index (χ4v) is 3.54. The Balaban J connectivity index is 1.48. The lowest BCUT2D eigenvalue weighted by molar-refractivity contribution is 0.0643. The molecule has 1 unspecified atom stereocenters. The van der Waals surface area contributed by atoms with Crippen molar-refractivity contribution in [3.63, 3.8) is 0 Å². The van der Waals surface area contributed by atoms with Gasteiger partial charge in [0.2, 0.25) is 5.75 Å². The maximum absolute atomic E-state index is 10.4. The third-order valence-electron chi connectivity index (χ3n) is 4.82. The van der Waals surface area contributed by atoms with E-state index in [2.05, 4.69) is 15.9 Å². The van der Waals surface area contributed by atoms with Gasteiger partial charge >= 0.3 is 0 Å². The van der Waals surface area contributed by atoms with Gasteiger partial charge in [-0.15, -0.1) is 0 Å². The Morgan fingerprint density at radius 2 is 1.64 bits per heavy atom. The highest BCUT2D eigenvalue weighted by molar-refractivity contribution is 6.30. The predicted octanol–water partition coefficient (Wildman–Crippen LogP) is 2.92. The summed E-state index contributed by atoms with van der Waals surface area (Å²) in [6.07, 6.45) is -0.604. The molecule has 2 aromatic rings. The molecule has 0 aromatic heterocycles. The number of hydrogen-bond acceptors (Lipinski definition) is 6. The van der Waals surface area contributed by atoms with Crippen LogP contribution in [0.4, 0.5) is 5.69 Å². The number of rotatable bonds is 8. The lowest BCUT2D eigenvalue weighted by atomic mass is 10.2. The Kier molecular flexibility index (Phi) is 7.25. The lowest BCUT2D eigenvalue weighted by Crippen LogP contribution is -2.49. The van der Waals surface area contributed by atoms with Crippen molar-refractivity contribution in [3.05, 3.63) is 47.5 Å². The average molecular weight is 407 g/mol. The number of hydrogen-bond donors (Lipinski definition) is 1. The van der Waals surface area contributed by atoms with Gasteiger partial charge in [0.1, 0.15) is 12.7 Å². The van der Waals surface area contributed by atoms with Crippen LogP contribution in [0.5, 0.6) is 17.2 Å². The van der Waals surface area contributed by atoms with E-state index in [4.69, 9.17) is 25.8 Å². The van der Waals surface area contributed by atoms with Gasteiger partial charge in [-0.25, -0.2) is 0 Å². The van der Waals surface area contributed by atoms with Crippen molar-refractivity contribution in [2.75, 3.05) is 58.5 Å². The second-order valence-electron chi connectivity index (χ2n) is 6.72. The summed E-state index contributed by atoms with van der Waals surface area (Å²) in [4.78, 5) is 4.56. The molecule has 6 nitrogen and oxygen atoms in total. The van der Waals surface area contributed by atoms with Crippen LogP contribution in [0.15, 0.2) is 42.5 Å². The summed E-state index contributed by atoms with van der Waals surface area (Å²) >= 11 is 6.09. The lowest BCUT2D eigenvalue weighted by Gasteiger charge is -2.37. The molecule has 1 atom stereocenters. The van der Waals surface area contributed by atoms with Gasteiger partial charge in [0.25, 0.3) is 0 Å². The van der Waals surface area contributed by atoms with Crippen LogP contribution in [0.25, 0.3) is 0 Å². The largest absolute Gasteiger partial charge is 0.493 e. The maximum atomic E-state index is 10.4. The summed E-state index contributed by atoms with van der Waals surface area (Å²) in [7, 11) is 3.16. The molecule has 0 radical (unpaired) electrons. The zero-order valence-corrected chi connectivity index (χ0v) is 17.1. The van der Waals surface area contributed by atoms with E-state index in [9.17, 15) is 5.11 Å². The van der Waals surface area contributed by atoms with Gasteiger partial charge in [-0.05, 0) is 30.3 Å². The van der Waals surface area contributed by atoms with Gasteiger partial charge in [-0.2, -0.15) is 0 Å². The molecule has 2 aromatic carbocycles. The number of ether oxygens (including phenoxy) is 3. The van der Waals surface area contributed by atoms with Crippen LogP contribution < -0.4 is 19.1 Å². The summed E-state index contributed by atoms with van der Waals surface area (Å²) < 4.78 is 16.4. The number of halogens is 1. The van der Waals surface area contributed by atoms with E-state index in [1.165, 1.54) is 0 Å². The minimum atomic E-state index is -0.604. The van der Waals surface area contributed by atoms with Crippen LogP contribution in [0.3, 0.4) is 0 Å². The molecular weight excluding hydrogens is 380 g/mol. The second kappa shape index (κ2) is 9.87. The quantitative estimate of drug-likeness (QED) is 0.727. The van der Waals surface area contributed by atoms with E-state index in [1.54, 1.807) is 26.4 Å². The predicted molar refractivity (Wildman–Crippen MR) is 111 cm³/mol. The van der Waals surface area contributed by atoms with Crippen molar-refractivity contribution in [3.8, 4) is 17.2 Å². The molecule has 0 saturated carbocycles. The average Bonchev–Trinajstić information content (AvgIpc) is 2.72. The SMILES string of the molecule is COc1cccc(OC)c1OCC(O)CN1CCN(c2cccc(Cl)c2)CC1. The fraction of sp³-hybridized carbons (Fsp3) is 0.429. The van der Waals surface area contributed by atoms with Crippen LogP contribution in [-0.4, -0.2) is 69.7 Å². The van der Waals surface area contributed by atoms with Crippen molar-refractivity contribution < 1.29 is 19.3 Å². The van der Waals surface area contributed by atoms with E-state index in [0.717, 1.165) is 36.9 Å². The molecule has 0 amide bonds. The number of aliphatic hydroxyl groups is 1. The molecule has 1 aliphatic heterocycles. The molecule has 7 heteroatoms. The molecular formula is C21H27ClN2O4. The molecule has 1 fully saturated rings. The van der Waals surface area contributed by atoms with Gasteiger partial charge in [0.05, 0.1) is 14.2 Å². The molecule has 0 aliphatic carbocycles. The molecule has 0 spiro atoms. The number of nitrogens with zero attached hydrogens (tertiary/aromatic N) is 2. The van der Waals surface area contributed by atoms with Crippen molar-refractivity contribution >= 4 is 17.3 Å². The van der Waals surface area contributed by atoms with Crippen LogP contribution >= 0.6 is 11.6 Å². The summed E-state index contributed by atoms with van der Waals surface area (Å²) in [6.45, 7) is 4.28. The van der Waals surface area contributed by atoms with Crippen molar-refractivity contribution in [1.29, 1.82) is 0 Å². The summed E-state index contributed by atoms with van der Waals surface area (Å²) in [5.41, 5.74) is 1.14. The van der Waals surface area contributed by atoms with Crippen LogP contribution in [-0.2, 0) is 0 Å². The van der Waals surface area contributed by atoms with Crippen LogP contribution in [0.2, 0.25) is 5.02 Å². The Hall–Kier alpha value is -2.15. The van der Waals surface area contributed by atoms with Gasteiger partial charge in [0.15, 0.2) is 11.5 Å². The first kappa shape index (κ1) is 20.6. The minimum absolute atomic E-state index is 0.172. The normalized spacial score (nSPS) is 15.9. The first-order valence-corrected chi connectivity index (χ1v) is 9.73.